The molecular formula is C26H28F6N4O4. The van der Waals surface area contributed by atoms with Crippen molar-refractivity contribution in [1.29, 1.82) is 0 Å². The maximum atomic E-state index is 14.3. The summed E-state index contributed by atoms with van der Waals surface area (Å²) in [5, 5.41) is 15.1. The first kappa shape index (κ1) is 30.7. The summed E-state index contributed by atoms with van der Waals surface area (Å²) in [6.45, 7) is 4.43. The Hall–Kier alpha value is -3.84. The number of nitro benzene ring substituents is 1. The number of amides is 2. The molecule has 40 heavy (non-hydrogen) atoms. The van der Waals surface area contributed by atoms with Crippen LogP contribution in [0.25, 0.3) is 0 Å². The van der Waals surface area contributed by atoms with Gasteiger partial charge in [0.05, 0.1) is 16.0 Å². The van der Waals surface area contributed by atoms with Crippen molar-refractivity contribution in [2.24, 2.45) is 0 Å². The van der Waals surface area contributed by atoms with E-state index in [-0.39, 0.29) is 16.8 Å². The molecule has 6 atom stereocenters. The Bertz CT molecular complexity index is 1360. The molecule has 0 spiro atoms. The lowest BCUT2D eigenvalue weighted by Crippen LogP contribution is -2.62. The summed E-state index contributed by atoms with van der Waals surface area (Å²) in [6.07, 6.45) is -5.06. The molecule has 2 fully saturated rings. The van der Waals surface area contributed by atoms with E-state index >= 15 is 0 Å². The lowest BCUT2D eigenvalue weighted by atomic mass is 9.77. The third-order valence-electron chi connectivity index (χ3n) is 7.34. The van der Waals surface area contributed by atoms with E-state index in [2.05, 4.69) is 10.6 Å². The molecule has 0 unspecified atom stereocenters. The monoisotopic (exact) mass is 574 g/mol. The van der Waals surface area contributed by atoms with Gasteiger partial charge in [0.1, 0.15) is 24.0 Å². The van der Waals surface area contributed by atoms with Crippen molar-refractivity contribution in [3.05, 3.63) is 69.3 Å². The summed E-state index contributed by atoms with van der Waals surface area (Å²) in [4.78, 5) is 33.3. The number of nitrogen functional groups attached to an aromatic ring is 1. The lowest BCUT2D eigenvalue weighted by Gasteiger charge is -2.42. The van der Waals surface area contributed by atoms with E-state index in [0.717, 1.165) is 38.1 Å². The minimum atomic E-state index is -2.41. The number of nitrogens with zero attached hydrogens (tertiary/aromatic N) is 1. The number of piperidine rings is 2. The van der Waals surface area contributed by atoms with Gasteiger partial charge in [0.15, 0.2) is 11.3 Å². The molecular weight excluding hydrogens is 546 g/mol. The quantitative estimate of drug-likeness (QED) is 0.211. The second kappa shape index (κ2) is 10.3. The summed E-state index contributed by atoms with van der Waals surface area (Å²) in [5.41, 5.74) is -3.30. The predicted octanol–water partition coefficient (Wildman–Crippen LogP) is 4.74. The fourth-order valence-electron chi connectivity index (χ4n) is 4.59. The van der Waals surface area contributed by atoms with Gasteiger partial charge in [-0.2, -0.15) is 0 Å². The van der Waals surface area contributed by atoms with Gasteiger partial charge in [-0.1, -0.05) is 0 Å². The number of hydrogen-bond acceptors (Lipinski definition) is 5. The summed E-state index contributed by atoms with van der Waals surface area (Å²) in [5.74, 6) is -3.63. The molecule has 2 amide bonds. The maximum Gasteiger partial charge on any atom is 0.270 e. The maximum absolute atomic E-state index is 14.3. The van der Waals surface area contributed by atoms with Crippen LogP contribution in [0.1, 0.15) is 51.7 Å². The number of benzene rings is 2. The van der Waals surface area contributed by atoms with Crippen molar-refractivity contribution in [3.63, 3.8) is 0 Å². The van der Waals surface area contributed by atoms with E-state index < -0.39 is 81.7 Å². The number of nitrogens with two attached hydrogens (primary N) is 1. The Balaban J connectivity index is 0.000000222. The highest BCUT2D eigenvalue weighted by atomic mass is 19.2. The van der Waals surface area contributed by atoms with Crippen molar-refractivity contribution in [3.8, 4) is 0 Å². The van der Waals surface area contributed by atoms with Crippen LogP contribution < -0.4 is 16.4 Å². The second-order valence-corrected chi connectivity index (χ2v) is 10.7. The average Bonchev–Trinajstić information content (AvgIpc) is 2.83. The zero-order valence-electron chi connectivity index (χ0n) is 22.0. The first-order chi connectivity index (χ1) is 18.2. The Morgan fingerprint density at radius 2 is 1.23 bits per heavy atom. The number of nitrogens with one attached hydrogen (secondary N) is 2. The SMILES string of the molecule is C[C@@]1(F)C[C@H](F)[C@@](C)(c2cc(N)ccc2F)NC1=O.C[C@@]1(F)C[C@H](F)[C@@](C)(c2cc([N+](=O)[O-])ccc2F)NC1=O. The van der Waals surface area contributed by atoms with E-state index in [4.69, 9.17) is 5.73 Å². The van der Waals surface area contributed by atoms with E-state index in [9.17, 15) is 46.0 Å². The van der Waals surface area contributed by atoms with Gasteiger partial charge in [-0.15, -0.1) is 0 Å². The number of hydrogen-bond donors (Lipinski definition) is 3. The van der Waals surface area contributed by atoms with Gasteiger partial charge in [-0.3, -0.25) is 19.7 Å². The van der Waals surface area contributed by atoms with Crippen LogP contribution in [-0.4, -0.2) is 40.4 Å². The van der Waals surface area contributed by atoms with Crippen LogP contribution >= 0.6 is 0 Å². The first-order valence-electron chi connectivity index (χ1n) is 12.1. The molecule has 218 valence electrons. The molecule has 2 heterocycles. The van der Waals surface area contributed by atoms with Crippen LogP contribution in [0.2, 0.25) is 0 Å². The highest BCUT2D eigenvalue weighted by Gasteiger charge is 2.54. The molecule has 2 aliphatic rings. The Morgan fingerprint density at radius 3 is 1.65 bits per heavy atom. The molecule has 0 aliphatic carbocycles. The Morgan fingerprint density at radius 1 is 0.825 bits per heavy atom. The second-order valence-electron chi connectivity index (χ2n) is 10.7. The standard InChI is InChI=1S/C13H13F3N2O3.C13H15F3N2O/c1-12(16)6-10(15)13(2,17-11(12)19)8-5-7(18(20)21)3-4-9(8)14;1-12(16)6-10(15)13(2,18-11(12)19)8-5-7(17)3-4-9(8)14/h3-5,10H,6H2,1-2H3,(H,17,19);3-5,10H,6,17H2,1-2H3,(H,18,19)/t2*10-,12+,13+/m00/s1. The van der Waals surface area contributed by atoms with Crippen molar-refractivity contribution in [2.75, 3.05) is 5.73 Å². The van der Waals surface area contributed by atoms with E-state index in [1.807, 2.05) is 0 Å². The third-order valence-corrected chi connectivity index (χ3v) is 7.34. The molecule has 0 aromatic heterocycles. The molecule has 2 aliphatic heterocycles. The Labute approximate surface area is 225 Å². The zero-order chi connectivity index (χ0) is 30.4. The van der Waals surface area contributed by atoms with Crippen molar-refractivity contribution < 1.29 is 40.9 Å². The van der Waals surface area contributed by atoms with Crippen molar-refractivity contribution in [2.45, 2.75) is 75.3 Å². The Kier molecular flexibility index (Phi) is 7.89. The van der Waals surface area contributed by atoms with E-state index in [0.29, 0.717) is 0 Å². The molecule has 0 bridgehead atoms. The van der Waals surface area contributed by atoms with Gasteiger partial charge in [0.25, 0.3) is 17.5 Å². The number of carbonyl (C=O) groups is 2. The van der Waals surface area contributed by atoms with E-state index in [1.54, 1.807) is 0 Å². The van der Waals surface area contributed by atoms with Gasteiger partial charge < -0.3 is 16.4 Å². The van der Waals surface area contributed by atoms with Crippen LogP contribution in [0.5, 0.6) is 0 Å². The largest absolute Gasteiger partial charge is 0.399 e. The van der Waals surface area contributed by atoms with Crippen LogP contribution in [0.3, 0.4) is 0 Å². The fourth-order valence-corrected chi connectivity index (χ4v) is 4.59. The molecule has 2 aromatic rings. The summed E-state index contributed by atoms with van der Waals surface area (Å²) < 4.78 is 83.9. The van der Waals surface area contributed by atoms with Gasteiger partial charge >= 0.3 is 0 Å². The molecule has 14 heteroatoms. The van der Waals surface area contributed by atoms with E-state index in [1.165, 1.54) is 26.0 Å². The summed E-state index contributed by atoms with van der Waals surface area (Å²) in [7, 11) is 0. The molecule has 0 radical (unpaired) electrons. The van der Waals surface area contributed by atoms with Crippen molar-refractivity contribution in [1.82, 2.24) is 10.6 Å². The van der Waals surface area contributed by atoms with Crippen LogP contribution in [0.4, 0.5) is 37.7 Å². The smallest absolute Gasteiger partial charge is 0.270 e. The normalized spacial score (nSPS) is 33.8. The van der Waals surface area contributed by atoms with Crippen LogP contribution in [0, 0.1) is 21.7 Å². The molecule has 0 saturated carbocycles. The summed E-state index contributed by atoms with van der Waals surface area (Å²) >= 11 is 0. The number of rotatable bonds is 3. The number of alkyl halides is 4. The summed E-state index contributed by atoms with van der Waals surface area (Å²) in [6, 6.07) is 6.28. The van der Waals surface area contributed by atoms with Gasteiger partial charge in [-0.05, 0) is 52.0 Å². The fraction of sp³-hybridized carbons (Fsp3) is 0.462. The minimum Gasteiger partial charge on any atom is -0.399 e. The first-order valence-corrected chi connectivity index (χ1v) is 12.1. The predicted molar refractivity (Wildman–Crippen MR) is 133 cm³/mol. The molecule has 4 N–H and O–H groups in total. The molecule has 4 rings (SSSR count). The molecule has 2 aromatic carbocycles. The number of carbonyl (C=O) groups excluding carboxylic acids is 2. The van der Waals surface area contributed by atoms with Crippen molar-refractivity contribution >= 4 is 23.2 Å². The number of nitro groups is 1. The van der Waals surface area contributed by atoms with Gasteiger partial charge in [0.2, 0.25) is 0 Å². The number of anilines is 1. The number of halogens is 6. The topological polar surface area (TPSA) is 127 Å². The number of non-ortho nitro benzene ring substituents is 1. The lowest BCUT2D eigenvalue weighted by molar-refractivity contribution is -0.385. The molecule has 2 saturated heterocycles. The van der Waals surface area contributed by atoms with Crippen LogP contribution in [-0.2, 0) is 20.7 Å². The zero-order valence-corrected chi connectivity index (χ0v) is 22.0. The minimum absolute atomic E-state index is 0.0798. The third kappa shape index (κ3) is 5.56. The average molecular weight is 575 g/mol. The molecule has 8 nitrogen and oxygen atoms in total. The highest BCUT2D eigenvalue weighted by molar-refractivity contribution is 5.87. The highest BCUT2D eigenvalue weighted by Crippen LogP contribution is 2.41. The van der Waals surface area contributed by atoms with Gasteiger partial charge in [0, 0.05) is 41.8 Å². The van der Waals surface area contributed by atoms with Gasteiger partial charge in [-0.25, -0.2) is 26.3 Å². The van der Waals surface area contributed by atoms with Crippen LogP contribution in [0.15, 0.2) is 36.4 Å².